The zero-order chi connectivity index (χ0) is 24.3. The maximum atomic E-state index is 12.7. The second-order valence-corrected chi connectivity index (χ2v) is 9.43. The molecular weight excluding hydrogens is 432 g/mol. The van der Waals surface area contributed by atoms with Crippen molar-refractivity contribution in [2.45, 2.75) is 57.8 Å². The van der Waals surface area contributed by atoms with Crippen molar-refractivity contribution in [3.8, 4) is 0 Å². The number of esters is 1. The van der Waals surface area contributed by atoms with E-state index < -0.39 is 0 Å². The van der Waals surface area contributed by atoms with Crippen LogP contribution in [0.2, 0.25) is 0 Å². The number of piperidine rings is 1. The lowest BCUT2D eigenvalue weighted by Crippen LogP contribution is -2.56. The fourth-order valence-corrected chi connectivity index (χ4v) is 5.31. The van der Waals surface area contributed by atoms with Crippen LogP contribution in [0.3, 0.4) is 0 Å². The van der Waals surface area contributed by atoms with E-state index in [4.69, 9.17) is 4.74 Å². The third-order valence-electron chi connectivity index (χ3n) is 7.00. The van der Waals surface area contributed by atoms with E-state index >= 15 is 0 Å². The summed E-state index contributed by atoms with van der Waals surface area (Å²) in [6, 6.07) is 32.5. The molecule has 1 fully saturated rings. The van der Waals surface area contributed by atoms with Crippen LogP contribution < -0.4 is 0 Å². The minimum absolute atomic E-state index is 0.0894. The topological polar surface area (TPSA) is 32.8 Å². The number of hydrogen-bond acceptors (Lipinski definition) is 4. The molecule has 1 aliphatic rings. The lowest BCUT2D eigenvalue weighted by molar-refractivity contribution is -0.146. The van der Waals surface area contributed by atoms with Crippen molar-refractivity contribution in [1.82, 2.24) is 9.80 Å². The molecule has 4 rings (SSSR count). The molecule has 0 spiro atoms. The molecule has 3 aromatic rings. The lowest BCUT2D eigenvalue weighted by Gasteiger charge is -2.46. The van der Waals surface area contributed by atoms with Crippen molar-refractivity contribution < 1.29 is 9.53 Å². The number of benzene rings is 3. The predicted molar refractivity (Wildman–Crippen MR) is 142 cm³/mol. The van der Waals surface area contributed by atoms with Crippen molar-refractivity contribution in [3.63, 3.8) is 0 Å². The molecule has 35 heavy (non-hydrogen) atoms. The van der Waals surface area contributed by atoms with Gasteiger partial charge in [-0.3, -0.25) is 14.6 Å². The average molecular weight is 471 g/mol. The van der Waals surface area contributed by atoms with Crippen LogP contribution >= 0.6 is 0 Å². The molecule has 4 nitrogen and oxygen atoms in total. The fourth-order valence-electron chi connectivity index (χ4n) is 5.31. The summed E-state index contributed by atoms with van der Waals surface area (Å²) >= 11 is 0. The summed E-state index contributed by atoms with van der Waals surface area (Å²) in [7, 11) is 0. The number of hydrogen-bond donors (Lipinski definition) is 0. The van der Waals surface area contributed by atoms with Gasteiger partial charge in [-0.1, -0.05) is 91.0 Å². The van der Waals surface area contributed by atoms with E-state index in [0.29, 0.717) is 13.0 Å². The summed E-state index contributed by atoms with van der Waals surface area (Å²) in [6.07, 6.45) is 3.65. The number of rotatable bonds is 11. The molecule has 0 aliphatic carbocycles. The van der Waals surface area contributed by atoms with E-state index in [2.05, 4.69) is 101 Å². The highest BCUT2D eigenvalue weighted by atomic mass is 16.5. The Balaban J connectivity index is 1.58. The number of nitrogens with zero attached hydrogens (tertiary/aromatic N) is 2. The summed E-state index contributed by atoms with van der Waals surface area (Å²) in [5.74, 6) is -0.0894. The first-order chi connectivity index (χ1) is 17.2. The Morgan fingerprint density at radius 2 is 1.40 bits per heavy atom. The SMILES string of the molecule is CCOC(=O)C[C@@H]1[C@@H](N(Cc2ccccc2)Cc2ccccc2)CCCN1CCc1ccccc1. The summed E-state index contributed by atoms with van der Waals surface area (Å²) in [5.41, 5.74) is 3.95. The highest BCUT2D eigenvalue weighted by molar-refractivity contribution is 5.70. The van der Waals surface area contributed by atoms with Gasteiger partial charge >= 0.3 is 5.97 Å². The van der Waals surface area contributed by atoms with Gasteiger partial charge in [-0.2, -0.15) is 0 Å². The molecule has 1 saturated heterocycles. The van der Waals surface area contributed by atoms with Crippen LogP contribution in [0.5, 0.6) is 0 Å². The standard InChI is InChI=1S/C31H38N2O2/c1-2-35-31(34)23-30-29(19-12-21-32(30)22-20-26-13-6-3-7-14-26)33(24-27-15-8-4-9-16-27)25-28-17-10-5-11-18-28/h3-11,13-18,29-30H,2,12,19-25H2,1H3/t29-,30+/m0/s1. The number of ether oxygens (including phenoxy) is 1. The molecule has 1 heterocycles. The fraction of sp³-hybridized carbons (Fsp3) is 0.387. The first-order valence-corrected chi connectivity index (χ1v) is 13.0. The van der Waals surface area contributed by atoms with Gasteiger partial charge in [0.25, 0.3) is 0 Å². The molecule has 0 saturated carbocycles. The Bertz CT molecular complexity index is 968. The van der Waals surface area contributed by atoms with Gasteiger partial charge in [-0.05, 0) is 49.4 Å². The Morgan fingerprint density at radius 1 is 0.857 bits per heavy atom. The zero-order valence-corrected chi connectivity index (χ0v) is 20.9. The Hall–Kier alpha value is -2.95. The molecule has 2 atom stereocenters. The van der Waals surface area contributed by atoms with E-state index in [1.807, 2.05) is 6.92 Å². The highest BCUT2D eigenvalue weighted by Gasteiger charge is 2.36. The third-order valence-corrected chi connectivity index (χ3v) is 7.00. The molecule has 0 amide bonds. The van der Waals surface area contributed by atoms with Gasteiger partial charge in [0, 0.05) is 31.7 Å². The summed E-state index contributed by atoms with van der Waals surface area (Å²) in [6.45, 7) is 6.03. The quantitative estimate of drug-likeness (QED) is 0.336. The van der Waals surface area contributed by atoms with Crippen molar-refractivity contribution in [3.05, 3.63) is 108 Å². The molecule has 0 radical (unpaired) electrons. The van der Waals surface area contributed by atoms with Crippen molar-refractivity contribution >= 4 is 5.97 Å². The van der Waals surface area contributed by atoms with E-state index in [-0.39, 0.29) is 18.1 Å². The van der Waals surface area contributed by atoms with Crippen LogP contribution in [-0.2, 0) is 29.0 Å². The Morgan fingerprint density at radius 3 is 1.94 bits per heavy atom. The minimum Gasteiger partial charge on any atom is -0.466 e. The summed E-state index contributed by atoms with van der Waals surface area (Å²) in [4.78, 5) is 17.9. The molecule has 0 bridgehead atoms. The molecule has 0 aromatic heterocycles. The second-order valence-electron chi connectivity index (χ2n) is 9.43. The number of carbonyl (C=O) groups excluding carboxylic acids is 1. The average Bonchev–Trinajstić information content (AvgIpc) is 2.89. The van der Waals surface area contributed by atoms with Gasteiger partial charge in [0.2, 0.25) is 0 Å². The van der Waals surface area contributed by atoms with Crippen LogP contribution in [0.4, 0.5) is 0 Å². The molecule has 184 valence electrons. The van der Waals surface area contributed by atoms with Gasteiger partial charge in [0.05, 0.1) is 13.0 Å². The van der Waals surface area contributed by atoms with Crippen LogP contribution in [0.25, 0.3) is 0 Å². The highest BCUT2D eigenvalue weighted by Crippen LogP contribution is 2.28. The van der Waals surface area contributed by atoms with Crippen molar-refractivity contribution in [2.24, 2.45) is 0 Å². The van der Waals surface area contributed by atoms with Crippen LogP contribution in [0, 0.1) is 0 Å². The van der Waals surface area contributed by atoms with Gasteiger partial charge in [-0.15, -0.1) is 0 Å². The number of likely N-dealkylation sites (tertiary alicyclic amines) is 1. The molecule has 1 aliphatic heterocycles. The molecule has 0 unspecified atom stereocenters. The summed E-state index contributed by atoms with van der Waals surface area (Å²) < 4.78 is 5.44. The lowest BCUT2D eigenvalue weighted by atomic mass is 9.90. The minimum atomic E-state index is -0.0894. The molecule has 4 heteroatoms. The largest absolute Gasteiger partial charge is 0.466 e. The smallest absolute Gasteiger partial charge is 0.307 e. The van der Waals surface area contributed by atoms with Gasteiger partial charge < -0.3 is 4.74 Å². The summed E-state index contributed by atoms with van der Waals surface area (Å²) in [5, 5.41) is 0. The van der Waals surface area contributed by atoms with E-state index in [9.17, 15) is 4.79 Å². The van der Waals surface area contributed by atoms with E-state index in [1.165, 1.54) is 16.7 Å². The van der Waals surface area contributed by atoms with Crippen LogP contribution in [0.1, 0.15) is 42.9 Å². The van der Waals surface area contributed by atoms with Crippen molar-refractivity contribution in [2.75, 3.05) is 19.7 Å². The molecular formula is C31H38N2O2. The third kappa shape index (κ3) is 7.51. The Kier molecular flexibility index (Phi) is 9.50. The monoisotopic (exact) mass is 470 g/mol. The molecule has 0 N–H and O–H groups in total. The maximum Gasteiger partial charge on any atom is 0.307 e. The van der Waals surface area contributed by atoms with E-state index in [0.717, 1.165) is 45.4 Å². The maximum absolute atomic E-state index is 12.7. The Labute approximate surface area is 210 Å². The zero-order valence-electron chi connectivity index (χ0n) is 20.9. The van der Waals surface area contributed by atoms with Crippen LogP contribution in [-0.4, -0.2) is 47.5 Å². The molecule has 3 aromatic carbocycles. The van der Waals surface area contributed by atoms with Crippen LogP contribution in [0.15, 0.2) is 91.0 Å². The first kappa shape index (κ1) is 25.2. The van der Waals surface area contributed by atoms with Gasteiger partial charge in [0.1, 0.15) is 0 Å². The second kappa shape index (κ2) is 13.2. The number of carbonyl (C=O) groups is 1. The van der Waals surface area contributed by atoms with Gasteiger partial charge in [-0.25, -0.2) is 0 Å². The van der Waals surface area contributed by atoms with E-state index in [1.54, 1.807) is 0 Å². The first-order valence-electron chi connectivity index (χ1n) is 13.0. The van der Waals surface area contributed by atoms with Crippen molar-refractivity contribution in [1.29, 1.82) is 0 Å². The normalized spacial score (nSPS) is 18.5. The van der Waals surface area contributed by atoms with Gasteiger partial charge in [0.15, 0.2) is 0 Å². The predicted octanol–water partition coefficient (Wildman–Crippen LogP) is 5.72.